The number of halogens is 1. The summed E-state index contributed by atoms with van der Waals surface area (Å²) in [6, 6.07) is 18.8. The molecule has 1 atom stereocenters. The van der Waals surface area contributed by atoms with Crippen LogP contribution in [0.5, 0.6) is 0 Å². The average molecular weight is 481 g/mol. The van der Waals surface area contributed by atoms with Gasteiger partial charge in [0, 0.05) is 18.4 Å². The molecule has 1 aromatic heterocycles. The highest BCUT2D eigenvalue weighted by atomic mass is 19.1. The Balaban J connectivity index is 1.49. The molecule has 5 rings (SSSR count). The lowest BCUT2D eigenvalue weighted by molar-refractivity contribution is 0.0857. The van der Waals surface area contributed by atoms with Crippen molar-refractivity contribution in [2.75, 3.05) is 0 Å². The SMILES string of the molecule is [C-]#[N+]c1ccc(C2CC(c3ccc4c(=O)n(-c5ccc(F)cc5)c(CCCCC)nc4c3)=NO2)cc1. The molecule has 0 saturated heterocycles. The zero-order valence-electron chi connectivity index (χ0n) is 19.9. The van der Waals surface area contributed by atoms with Crippen LogP contribution in [0.25, 0.3) is 21.4 Å². The molecule has 0 fully saturated rings. The number of rotatable bonds is 7. The molecule has 1 aliphatic heterocycles. The molecule has 36 heavy (non-hydrogen) atoms. The fourth-order valence-corrected chi connectivity index (χ4v) is 4.46. The zero-order chi connectivity index (χ0) is 25.1. The number of aromatic nitrogens is 2. The van der Waals surface area contributed by atoms with Gasteiger partial charge in [0.25, 0.3) is 5.56 Å². The maximum absolute atomic E-state index is 13.5. The molecule has 7 heteroatoms. The highest BCUT2D eigenvalue weighted by molar-refractivity contribution is 6.03. The molecule has 1 aliphatic rings. The summed E-state index contributed by atoms with van der Waals surface area (Å²) in [5, 5.41) is 4.80. The Hall–Kier alpha value is -4.31. The predicted octanol–water partition coefficient (Wildman–Crippen LogP) is 6.67. The highest BCUT2D eigenvalue weighted by Gasteiger charge is 2.24. The average Bonchev–Trinajstić information content (AvgIpc) is 3.40. The first kappa shape index (κ1) is 23.4. The normalized spacial score (nSPS) is 14.9. The van der Waals surface area contributed by atoms with Gasteiger partial charge in [-0.25, -0.2) is 14.2 Å². The Morgan fingerprint density at radius 1 is 1.08 bits per heavy atom. The first-order valence-electron chi connectivity index (χ1n) is 12.1. The lowest BCUT2D eigenvalue weighted by Crippen LogP contribution is -2.24. The van der Waals surface area contributed by atoms with E-state index in [1.54, 1.807) is 34.9 Å². The fourth-order valence-electron chi connectivity index (χ4n) is 4.46. The van der Waals surface area contributed by atoms with Gasteiger partial charge in [-0.05, 0) is 48.4 Å². The van der Waals surface area contributed by atoms with E-state index in [1.807, 2.05) is 24.3 Å². The second-order valence-corrected chi connectivity index (χ2v) is 8.87. The van der Waals surface area contributed by atoms with E-state index in [2.05, 4.69) is 16.9 Å². The van der Waals surface area contributed by atoms with Crippen LogP contribution in [0.3, 0.4) is 0 Å². The molecule has 0 radical (unpaired) electrons. The maximum Gasteiger partial charge on any atom is 0.265 e. The van der Waals surface area contributed by atoms with Gasteiger partial charge in [-0.1, -0.05) is 55.3 Å². The van der Waals surface area contributed by atoms with E-state index in [-0.39, 0.29) is 17.5 Å². The van der Waals surface area contributed by atoms with Crippen LogP contribution in [0.4, 0.5) is 10.1 Å². The van der Waals surface area contributed by atoms with Crippen LogP contribution in [-0.4, -0.2) is 15.3 Å². The largest absolute Gasteiger partial charge is 0.387 e. The molecule has 0 amide bonds. The Bertz CT molecular complexity index is 1530. The van der Waals surface area contributed by atoms with Crippen LogP contribution in [0.2, 0.25) is 0 Å². The monoisotopic (exact) mass is 480 g/mol. The Labute approximate surface area is 208 Å². The standard InChI is InChI=1S/C29H25FN4O2/c1-3-4-5-6-28-32-26-17-20(25-18-27(36-33-25)19-7-12-22(31-2)13-8-19)9-16-24(26)29(35)34(28)23-14-10-21(30)11-15-23/h7-17,27H,3-6,18H2,1H3. The van der Waals surface area contributed by atoms with Crippen molar-refractivity contribution in [2.24, 2.45) is 5.16 Å². The van der Waals surface area contributed by atoms with Crippen molar-refractivity contribution in [3.05, 3.63) is 111 Å². The lowest BCUT2D eigenvalue weighted by atomic mass is 9.99. The molecule has 0 aliphatic carbocycles. The maximum atomic E-state index is 13.5. The molecule has 0 bridgehead atoms. The van der Waals surface area contributed by atoms with Gasteiger partial charge in [-0.15, -0.1) is 0 Å². The quantitative estimate of drug-likeness (QED) is 0.219. The van der Waals surface area contributed by atoms with Crippen molar-refractivity contribution in [1.29, 1.82) is 0 Å². The van der Waals surface area contributed by atoms with Crippen molar-refractivity contribution in [2.45, 2.75) is 45.1 Å². The molecule has 0 N–H and O–H groups in total. The van der Waals surface area contributed by atoms with E-state index < -0.39 is 0 Å². The van der Waals surface area contributed by atoms with Gasteiger partial charge in [0.2, 0.25) is 0 Å². The van der Waals surface area contributed by atoms with Crippen LogP contribution in [0.1, 0.15) is 55.7 Å². The third-order valence-electron chi connectivity index (χ3n) is 6.42. The highest BCUT2D eigenvalue weighted by Crippen LogP contribution is 2.31. The molecule has 6 nitrogen and oxygen atoms in total. The third kappa shape index (κ3) is 4.63. The van der Waals surface area contributed by atoms with Gasteiger partial charge in [0.15, 0.2) is 11.8 Å². The topological polar surface area (TPSA) is 60.8 Å². The Morgan fingerprint density at radius 3 is 2.58 bits per heavy atom. The molecular formula is C29H25FN4O2. The van der Waals surface area contributed by atoms with E-state index in [9.17, 15) is 9.18 Å². The van der Waals surface area contributed by atoms with E-state index in [4.69, 9.17) is 16.4 Å². The van der Waals surface area contributed by atoms with Crippen LogP contribution in [0, 0.1) is 12.4 Å². The molecular weight excluding hydrogens is 455 g/mol. The van der Waals surface area contributed by atoms with Gasteiger partial charge >= 0.3 is 0 Å². The number of hydrogen-bond donors (Lipinski definition) is 0. The molecule has 1 unspecified atom stereocenters. The summed E-state index contributed by atoms with van der Waals surface area (Å²) in [4.78, 5) is 27.5. The zero-order valence-corrected chi connectivity index (χ0v) is 19.9. The smallest absolute Gasteiger partial charge is 0.265 e. The third-order valence-corrected chi connectivity index (χ3v) is 6.42. The van der Waals surface area contributed by atoms with Crippen LogP contribution < -0.4 is 5.56 Å². The van der Waals surface area contributed by atoms with Gasteiger partial charge in [0.1, 0.15) is 11.6 Å². The number of oxime groups is 1. The number of nitrogens with zero attached hydrogens (tertiary/aromatic N) is 4. The second kappa shape index (κ2) is 10.1. The predicted molar refractivity (Wildman–Crippen MR) is 138 cm³/mol. The minimum Gasteiger partial charge on any atom is -0.387 e. The lowest BCUT2D eigenvalue weighted by Gasteiger charge is -2.14. The van der Waals surface area contributed by atoms with E-state index in [0.717, 1.165) is 36.1 Å². The van der Waals surface area contributed by atoms with Gasteiger partial charge in [0.05, 0.1) is 28.9 Å². The number of hydrogen-bond acceptors (Lipinski definition) is 4. The molecule has 3 aromatic carbocycles. The number of unbranched alkanes of at least 4 members (excludes halogenated alkanes) is 2. The number of benzene rings is 3. The van der Waals surface area contributed by atoms with Crippen molar-refractivity contribution >= 4 is 22.3 Å². The van der Waals surface area contributed by atoms with Gasteiger partial charge in [-0.3, -0.25) is 9.36 Å². The van der Waals surface area contributed by atoms with Gasteiger partial charge < -0.3 is 4.84 Å². The van der Waals surface area contributed by atoms with Crippen molar-refractivity contribution in [3.63, 3.8) is 0 Å². The summed E-state index contributed by atoms with van der Waals surface area (Å²) in [6.45, 7) is 9.24. The second-order valence-electron chi connectivity index (χ2n) is 8.87. The summed E-state index contributed by atoms with van der Waals surface area (Å²) in [5.74, 6) is 0.310. The fraction of sp³-hybridized carbons (Fsp3) is 0.241. The Morgan fingerprint density at radius 2 is 1.86 bits per heavy atom. The number of aryl methyl sites for hydroxylation is 1. The minimum atomic E-state index is -0.349. The molecule has 0 saturated carbocycles. The van der Waals surface area contributed by atoms with E-state index in [1.165, 1.54) is 12.1 Å². The van der Waals surface area contributed by atoms with Crippen LogP contribution in [-0.2, 0) is 11.3 Å². The summed E-state index contributed by atoms with van der Waals surface area (Å²) in [5.41, 5.74) is 4.22. The number of fused-ring (bicyclic) bond motifs is 1. The van der Waals surface area contributed by atoms with Crippen molar-refractivity contribution in [1.82, 2.24) is 9.55 Å². The van der Waals surface area contributed by atoms with Gasteiger partial charge in [-0.2, -0.15) is 0 Å². The van der Waals surface area contributed by atoms with Crippen LogP contribution in [0.15, 0.2) is 76.7 Å². The minimum absolute atomic E-state index is 0.174. The summed E-state index contributed by atoms with van der Waals surface area (Å²) in [6.07, 6.45) is 4.00. The summed E-state index contributed by atoms with van der Waals surface area (Å²) >= 11 is 0. The Kier molecular flexibility index (Phi) is 6.59. The summed E-state index contributed by atoms with van der Waals surface area (Å²) in [7, 11) is 0. The summed E-state index contributed by atoms with van der Waals surface area (Å²) < 4.78 is 15.1. The first-order chi connectivity index (χ1) is 17.6. The van der Waals surface area contributed by atoms with Crippen molar-refractivity contribution < 1.29 is 9.23 Å². The molecule has 2 heterocycles. The first-order valence-corrected chi connectivity index (χ1v) is 12.1. The van der Waals surface area contributed by atoms with Crippen LogP contribution >= 0.6 is 0 Å². The molecule has 180 valence electrons. The van der Waals surface area contributed by atoms with Crippen molar-refractivity contribution in [3.8, 4) is 5.69 Å². The van der Waals surface area contributed by atoms with E-state index >= 15 is 0 Å². The molecule has 4 aromatic rings. The van der Waals surface area contributed by atoms with E-state index in [0.29, 0.717) is 40.9 Å². The molecule has 0 spiro atoms.